The maximum atomic E-state index is 5.71. The monoisotopic (exact) mass is 968 g/mol. The first kappa shape index (κ1) is 43.3. The smallest absolute Gasteiger partial charge is 0.114 e. The van der Waals surface area contributed by atoms with Crippen LogP contribution in [0.1, 0.15) is 0 Å². The fraction of sp³-hybridized carbons (Fsp3) is 0. The Balaban J connectivity index is 0.964. The molecule has 11 aromatic carbocycles. The molecule has 0 atom stereocenters. The van der Waals surface area contributed by atoms with Gasteiger partial charge in [0.15, 0.2) is 0 Å². The van der Waals surface area contributed by atoms with Crippen LogP contribution in [0.3, 0.4) is 0 Å². The van der Waals surface area contributed by atoms with E-state index in [1.165, 1.54) is 21.5 Å². The molecular formula is C70H44N6. The molecule has 0 spiro atoms. The molecule has 0 unspecified atom stereocenters. The number of nitrogens with zero attached hydrogens (tertiary/aromatic N) is 6. The van der Waals surface area contributed by atoms with Crippen molar-refractivity contribution in [2.75, 3.05) is 0 Å². The lowest BCUT2D eigenvalue weighted by Gasteiger charge is -2.18. The molecule has 0 bridgehead atoms. The zero-order valence-electron chi connectivity index (χ0n) is 41.1. The first-order valence-electron chi connectivity index (χ1n) is 25.7. The van der Waals surface area contributed by atoms with E-state index in [9.17, 15) is 0 Å². The highest BCUT2D eigenvalue weighted by Gasteiger charge is 2.24. The minimum Gasteiger partial charge on any atom is -0.307 e. The highest BCUT2D eigenvalue weighted by atomic mass is 15.0. The maximum Gasteiger partial charge on any atom is 0.114 e. The van der Waals surface area contributed by atoms with Crippen molar-refractivity contribution in [3.8, 4) is 78.7 Å². The number of fused-ring (bicyclic) bond motifs is 8. The molecule has 15 rings (SSSR count). The van der Waals surface area contributed by atoms with Gasteiger partial charge in [0.1, 0.15) is 11.0 Å². The van der Waals surface area contributed by atoms with Gasteiger partial charge in [-0.15, -0.1) is 0 Å². The fourth-order valence-electron chi connectivity index (χ4n) is 11.5. The summed E-state index contributed by atoms with van der Waals surface area (Å²) in [6.45, 7) is 0. The van der Waals surface area contributed by atoms with Crippen molar-refractivity contribution >= 4 is 65.7 Å². The van der Waals surface area contributed by atoms with E-state index in [0.29, 0.717) is 0 Å². The van der Waals surface area contributed by atoms with Gasteiger partial charge in [-0.2, -0.15) is 0 Å². The molecule has 4 heterocycles. The molecule has 76 heavy (non-hydrogen) atoms. The van der Waals surface area contributed by atoms with Crippen LogP contribution in [0.15, 0.2) is 267 Å². The molecule has 0 aliphatic heterocycles. The second kappa shape index (κ2) is 17.7. The Labute approximate surface area is 438 Å². The predicted octanol–water partition coefficient (Wildman–Crippen LogP) is 17.8. The largest absolute Gasteiger partial charge is 0.307 e. The van der Waals surface area contributed by atoms with E-state index in [1.807, 2.05) is 24.3 Å². The Morgan fingerprint density at radius 3 is 0.737 bits per heavy atom. The highest BCUT2D eigenvalue weighted by Crippen LogP contribution is 2.43. The summed E-state index contributed by atoms with van der Waals surface area (Å²) in [7, 11) is 0. The van der Waals surface area contributed by atoms with Crippen LogP contribution >= 0.6 is 0 Å². The van der Waals surface area contributed by atoms with Crippen molar-refractivity contribution in [2.45, 2.75) is 0 Å². The molecule has 0 N–H and O–H groups in total. The van der Waals surface area contributed by atoms with Gasteiger partial charge in [0.2, 0.25) is 0 Å². The lowest BCUT2D eigenvalue weighted by molar-refractivity contribution is 1.17. The van der Waals surface area contributed by atoms with Crippen LogP contribution in [0.25, 0.3) is 144 Å². The minimum absolute atomic E-state index is 0.816. The normalized spacial score (nSPS) is 11.7. The van der Waals surface area contributed by atoms with Crippen LogP contribution in [0.2, 0.25) is 0 Å². The number of hydrogen-bond acceptors (Lipinski definition) is 4. The van der Waals surface area contributed by atoms with Gasteiger partial charge in [-0.3, -0.25) is 0 Å². The van der Waals surface area contributed by atoms with Crippen molar-refractivity contribution in [3.63, 3.8) is 0 Å². The molecule has 4 aromatic heterocycles. The Morgan fingerprint density at radius 2 is 0.447 bits per heavy atom. The molecule has 0 saturated carbocycles. The SMILES string of the molecule is c1ccc(-c2nc3c(-c4ccc(-c5ccc(-n6c7ccccc7c7ccccc76)c6nc(-c7ccccc7)c(-c7ccccc7)nc56)cc4)ccc(-n4c5ccccc5c5ccccc54)c3nc2-c2ccccc2)cc1. The molecule has 0 saturated heterocycles. The third kappa shape index (κ3) is 6.96. The molecule has 0 radical (unpaired) electrons. The van der Waals surface area contributed by atoms with Crippen molar-refractivity contribution in [1.29, 1.82) is 0 Å². The van der Waals surface area contributed by atoms with Crippen LogP contribution in [0, 0.1) is 0 Å². The van der Waals surface area contributed by atoms with E-state index in [4.69, 9.17) is 19.9 Å². The average Bonchev–Trinajstić information content (AvgIpc) is 4.04. The average molecular weight is 969 g/mol. The summed E-state index contributed by atoms with van der Waals surface area (Å²) >= 11 is 0. The summed E-state index contributed by atoms with van der Waals surface area (Å²) < 4.78 is 4.71. The van der Waals surface area contributed by atoms with Crippen LogP contribution in [0.4, 0.5) is 0 Å². The lowest BCUT2D eigenvalue weighted by Crippen LogP contribution is -2.03. The van der Waals surface area contributed by atoms with E-state index < -0.39 is 0 Å². The van der Waals surface area contributed by atoms with Gasteiger partial charge in [-0.25, -0.2) is 19.9 Å². The number of aromatic nitrogens is 6. The van der Waals surface area contributed by atoms with Crippen molar-refractivity contribution < 1.29 is 0 Å². The standard InChI is InChI=1S/C70H44N6/c1-5-21-47(22-6-1)63-65(49-25-9-3-10-26-49)73-69-61(75-57-33-17-13-29-53(57)54-30-14-18-34-58(54)75)43-41-51(67(69)71-63)45-37-39-46(40-38-45)52-42-44-62(76-59-35-19-15-31-55(59)56-32-16-20-36-60(56)76)70-68(52)72-64(48-23-7-2-8-24-48)66(74-70)50-27-11-4-12-28-50/h1-44H. The van der Waals surface area contributed by atoms with Gasteiger partial charge < -0.3 is 9.13 Å². The number of benzene rings is 11. The van der Waals surface area contributed by atoms with Gasteiger partial charge in [0.05, 0.1) is 67.3 Å². The van der Waals surface area contributed by atoms with E-state index in [2.05, 4.69) is 252 Å². The van der Waals surface area contributed by atoms with Gasteiger partial charge in [-0.1, -0.05) is 218 Å². The number of rotatable bonds is 8. The van der Waals surface area contributed by atoms with Gasteiger partial charge in [-0.05, 0) is 59.7 Å². The minimum atomic E-state index is 0.816. The van der Waals surface area contributed by atoms with Crippen LogP contribution in [0.5, 0.6) is 0 Å². The Bertz CT molecular complexity index is 4310. The second-order valence-electron chi connectivity index (χ2n) is 19.3. The first-order valence-corrected chi connectivity index (χ1v) is 25.7. The first-order chi connectivity index (χ1) is 37.7. The topological polar surface area (TPSA) is 61.4 Å². The summed E-state index contributed by atoms with van der Waals surface area (Å²) in [5.74, 6) is 0. The van der Waals surface area contributed by atoms with Gasteiger partial charge in [0, 0.05) is 54.9 Å². The predicted molar refractivity (Wildman–Crippen MR) is 314 cm³/mol. The van der Waals surface area contributed by atoms with Crippen LogP contribution < -0.4 is 0 Å². The summed E-state index contributed by atoms with van der Waals surface area (Å²) in [5, 5.41) is 4.76. The van der Waals surface area contributed by atoms with E-state index >= 15 is 0 Å². The fourth-order valence-corrected chi connectivity index (χ4v) is 11.5. The van der Waals surface area contributed by atoms with E-state index in [0.717, 1.165) is 123 Å². The molecule has 0 aliphatic rings. The third-order valence-corrected chi connectivity index (χ3v) is 14.9. The zero-order valence-corrected chi connectivity index (χ0v) is 41.1. The molecule has 0 aliphatic carbocycles. The number of para-hydroxylation sites is 4. The van der Waals surface area contributed by atoms with Crippen molar-refractivity contribution in [1.82, 2.24) is 29.1 Å². The molecule has 15 aromatic rings. The third-order valence-electron chi connectivity index (χ3n) is 14.9. The molecule has 6 nitrogen and oxygen atoms in total. The van der Waals surface area contributed by atoms with Crippen LogP contribution in [-0.4, -0.2) is 29.1 Å². The molecule has 354 valence electrons. The Hall–Kier alpha value is -10.3. The van der Waals surface area contributed by atoms with E-state index in [1.54, 1.807) is 0 Å². The lowest BCUT2D eigenvalue weighted by atomic mass is 9.96. The summed E-state index contributed by atoms with van der Waals surface area (Å²) in [4.78, 5) is 22.8. The maximum absolute atomic E-state index is 5.71. The van der Waals surface area contributed by atoms with E-state index in [-0.39, 0.29) is 0 Å². The quantitative estimate of drug-likeness (QED) is 0.152. The number of hydrogen-bond donors (Lipinski definition) is 0. The zero-order chi connectivity index (χ0) is 50.1. The van der Waals surface area contributed by atoms with Crippen LogP contribution in [-0.2, 0) is 0 Å². The Kier molecular flexibility index (Phi) is 10.1. The van der Waals surface area contributed by atoms with Gasteiger partial charge in [0.25, 0.3) is 0 Å². The summed E-state index contributed by atoms with van der Waals surface area (Å²) in [6, 6.07) is 94.0. The molecule has 0 amide bonds. The van der Waals surface area contributed by atoms with Gasteiger partial charge >= 0.3 is 0 Å². The van der Waals surface area contributed by atoms with Crippen molar-refractivity contribution in [2.24, 2.45) is 0 Å². The molecule has 0 fully saturated rings. The second-order valence-corrected chi connectivity index (χ2v) is 19.3. The summed E-state index contributed by atoms with van der Waals surface area (Å²) in [5.41, 5.74) is 21.0. The molecule has 6 heteroatoms. The highest BCUT2D eigenvalue weighted by molar-refractivity contribution is 6.13. The Morgan fingerprint density at radius 1 is 0.197 bits per heavy atom. The summed E-state index contributed by atoms with van der Waals surface area (Å²) in [6.07, 6.45) is 0. The van der Waals surface area contributed by atoms with Crippen molar-refractivity contribution in [3.05, 3.63) is 267 Å². The molecular weight excluding hydrogens is 925 g/mol.